The van der Waals surface area contributed by atoms with Crippen LogP contribution in [0.25, 0.3) is 0 Å². The number of carbonyl (C=O) groups is 1. The molecular weight excluding hydrogens is 432 g/mol. The molecule has 3 rings (SSSR count). The van der Waals surface area contributed by atoms with Crippen molar-refractivity contribution in [2.75, 3.05) is 13.7 Å². The van der Waals surface area contributed by atoms with Gasteiger partial charge in [-0.1, -0.05) is 81.4 Å². The summed E-state index contributed by atoms with van der Waals surface area (Å²) >= 11 is 0. The van der Waals surface area contributed by atoms with Gasteiger partial charge >= 0.3 is 5.97 Å². The van der Waals surface area contributed by atoms with Crippen LogP contribution in [0.3, 0.4) is 0 Å². The van der Waals surface area contributed by atoms with Crippen LogP contribution in [0.5, 0.6) is 0 Å². The zero-order chi connectivity index (χ0) is 24.1. The Morgan fingerprint density at radius 3 is 1.97 bits per heavy atom. The van der Waals surface area contributed by atoms with Gasteiger partial charge in [-0.3, -0.25) is 4.79 Å². The predicted octanol–water partition coefficient (Wildman–Crippen LogP) is 4.43. The summed E-state index contributed by atoms with van der Waals surface area (Å²) in [7, 11) is -1.22. The van der Waals surface area contributed by atoms with Gasteiger partial charge in [0.05, 0.1) is 25.9 Å². The molecule has 1 aliphatic heterocycles. The van der Waals surface area contributed by atoms with E-state index in [4.69, 9.17) is 18.6 Å². The molecule has 180 valence electrons. The molecule has 0 aromatic heterocycles. The Bertz CT molecular complexity index is 852. The Morgan fingerprint density at radius 1 is 0.970 bits per heavy atom. The molecule has 1 aliphatic rings. The van der Waals surface area contributed by atoms with Crippen LogP contribution < -0.4 is 10.4 Å². The molecule has 0 amide bonds. The Hall–Kier alpha value is -1.99. The molecule has 2 atom stereocenters. The van der Waals surface area contributed by atoms with Crippen molar-refractivity contribution in [2.24, 2.45) is 0 Å². The third kappa shape index (κ3) is 6.12. The summed E-state index contributed by atoms with van der Waals surface area (Å²) in [6, 6.07) is 21.2. The van der Waals surface area contributed by atoms with Crippen LogP contribution >= 0.6 is 0 Å². The number of ether oxygens (including phenoxy) is 3. The fourth-order valence-electron chi connectivity index (χ4n) is 4.86. The highest BCUT2D eigenvalue weighted by molar-refractivity contribution is 6.99. The number of benzene rings is 2. The molecule has 0 aliphatic carbocycles. The van der Waals surface area contributed by atoms with Crippen molar-refractivity contribution in [3.8, 4) is 0 Å². The predicted molar refractivity (Wildman–Crippen MR) is 133 cm³/mol. The van der Waals surface area contributed by atoms with Gasteiger partial charge in [-0.2, -0.15) is 0 Å². The summed E-state index contributed by atoms with van der Waals surface area (Å²) in [5.41, 5.74) is 0. The lowest BCUT2D eigenvalue weighted by Gasteiger charge is -2.46. The lowest BCUT2D eigenvalue weighted by Crippen LogP contribution is -2.67. The lowest BCUT2D eigenvalue weighted by atomic mass is 10.0. The second-order valence-electron chi connectivity index (χ2n) is 10.2. The van der Waals surface area contributed by atoms with Crippen molar-refractivity contribution < 1.29 is 23.4 Å². The average Bonchev–Trinajstić information content (AvgIpc) is 2.77. The molecule has 6 heteroatoms. The number of hydrogen-bond acceptors (Lipinski definition) is 5. The van der Waals surface area contributed by atoms with Crippen molar-refractivity contribution >= 4 is 24.7 Å². The third-order valence-electron chi connectivity index (χ3n) is 6.23. The largest absolute Gasteiger partial charge is 0.469 e. The van der Waals surface area contributed by atoms with Gasteiger partial charge in [0.1, 0.15) is 0 Å². The Labute approximate surface area is 199 Å². The van der Waals surface area contributed by atoms with Crippen LogP contribution in [0, 0.1) is 0 Å². The second-order valence-corrected chi connectivity index (χ2v) is 14.5. The van der Waals surface area contributed by atoms with Gasteiger partial charge in [0.15, 0.2) is 5.79 Å². The second kappa shape index (κ2) is 10.5. The summed E-state index contributed by atoms with van der Waals surface area (Å²) < 4.78 is 24.2. The van der Waals surface area contributed by atoms with Crippen LogP contribution in [0.1, 0.15) is 53.9 Å². The fourth-order valence-corrected chi connectivity index (χ4v) is 9.45. The zero-order valence-corrected chi connectivity index (χ0v) is 21.8. The van der Waals surface area contributed by atoms with E-state index in [0.29, 0.717) is 25.9 Å². The highest BCUT2D eigenvalue weighted by Gasteiger charge is 2.51. The first-order chi connectivity index (χ1) is 15.6. The monoisotopic (exact) mass is 470 g/mol. The zero-order valence-electron chi connectivity index (χ0n) is 20.8. The van der Waals surface area contributed by atoms with Gasteiger partial charge < -0.3 is 18.6 Å². The van der Waals surface area contributed by atoms with Gasteiger partial charge in [-0.05, 0) is 35.7 Å². The van der Waals surface area contributed by atoms with Crippen LogP contribution in [0.15, 0.2) is 60.7 Å². The van der Waals surface area contributed by atoms with Crippen molar-refractivity contribution in [1.29, 1.82) is 0 Å². The lowest BCUT2D eigenvalue weighted by molar-refractivity contribution is -0.303. The summed E-state index contributed by atoms with van der Waals surface area (Å²) in [5, 5.41) is 2.40. The van der Waals surface area contributed by atoms with Crippen molar-refractivity contribution in [3.05, 3.63) is 60.7 Å². The molecule has 0 spiro atoms. The first-order valence-corrected chi connectivity index (χ1v) is 13.7. The maximum atomic E-state index is 11.7. The van der Waals surface area contributed by atoms with Gasteiger partial charge in [0.25, 0.3) is 8.32 Å². The molecule has 5 nitrogen and oxygen atoms in total. The van der Waals surface area contributed by atoms with Crippen molar-refractivity contribution in [2.45, 2.75) is 76.9 Å². The number of hydrogen-bond donors (Lipinski definition) is 0. The minimum atomic E-state index is -2.64. The SMILES string of the molecule is COC(=O)CC[C@@H]1C[C@H](CO[Si](c2ccccc2)(c2ccccc2)C(C)(C)C)OC(C)(C)O1. The minimum absolute atomic E-state index is 0.0828. The highest BCUT2D eigenvalue weighted by atomic mass is 28.4. The minimum Gasteiger partial charge on any atom is -0.469 e. The number of rotatable bonds is 8. The van der Waals surface area contributed by atoms with E-state index in [0.717, 1.165) is 0 Å². The summed E-state index contributed by atoms with van der Waals surface area (Å²) in [6.45, 7) is 11.1. The van der Waals surface area contributed by atoms with E-state index >= 15 is 0 Å². The molecule has 0 radical (unpaired) electrons. The van der Waals surface area contributed by atoms with Gasteiger partial charge in [-0.25, -0.2) is 0 Å². The van der Waals surface area contributed by atoms with E-state index < -0.39 is 14.1 Å². The molecule has 2 aromatic carbocycles. The van der Waals surface area contributed by atoms with Gasteiger partial charge in [-0.15, -0.1) is 0 Å². The number of carbonyl (C=O) groups excluding carboxylic acids is 1. The van der Waals surface area contributed by atoms with E-state index in [2.05, 4.69) is 69.3 Å². The molecule has 1 heterocycles. The number of esters is 1. The molecule has 1 fully saturated rings. The van der Waals surface area contributed by atoms with Crippen LogP contribution in [0.2, 0.25) is 5.04 Å². The molecule has 2 aromatic rings. The van der Waals surface area contributed by atoms with Crippen LogP contribution in [-0.4, -0.2) is 46.0 Å². The smallest absolute Gasteiger partial charge is 0.305 e. The van der Waals surface area contributed by atoms with E-state index in [1.54, 1.807) is 0 Å². The first-order valence-electron chi connectivity index (χ1n) is 11.7. The van der Waals surface area contributed by atoms with Gasteiger partial charge in [0, 0.05) is 12.8 Å². The summed E-state index contributed by atoms with van der Waals surface area (Å²) in [6.07, 6.45) is 1.41. The van der Waals surface area contributed by atoms with E-state index in [1.165, 1.54) is 17.5 Å². The highest BCUT2D eigenvalue weighted by Crippen LogP contribution is 2.38. The standard InChI is InChI=1S/C27H38O5Si/c1-26(2,3)33(23-13-9-7-10-14-23,24-15-11-8-12-16-24)30-20-22-19-21(17-18-25(28)29-6)31-27(4,5)32-22/h7-16,21-22H,17-20H2,1-6H3/t21-,22-/m1/s1. The van der Waals surface area contributed by atoms with Crippen molar-refractivity contribution in [3.63, 3.8) is 0 Å². The molecule has 0 bridgehead atoms. The van der Waals surface area contributed by atoms with E-state index in [1.807, 2.05) is 26.0 Å². The molecule has 0 saturated carbocycles. The molecule has 0 unspecified atom stereocenters. The summed E-state index contributed by atoms with van der Waals surface area (Å²) in [4.78, 5) is 11.7. The quantitative estimate of drug-likeness (QED) is 0.422. The number of methoxy groups -OCH3 is 1. The molecule has 0 N–H and O–H groups in total. The molecule has 1 saturated heterocycles. The Morgan fingerprint density at radius 2 is 1.48 bits per heavy atom. The molecule has 33 heavy (non-hydrogen) atoms. The molecular formula is C27H38O5Si. The summed E-state index contributed by atoms with van der Waals surface area (Å²) in [5.74, 6) is -0.957. The topological polar surface area (TPSA) is 54.0 Å². The van der Waals surface area contributed by atoms with E-state index in [9.17, 15) is 4.79 Å². The fraction of sp³-hybridized carbons (Fsp3) is 0.519. The maximum absolute atomic E-state index is 11.7. The van der Waals surface area contributed by atoms with Crippen molar-refractivity contribution in [1.82, 2.24) is 0 Å². The maximum Gasteiger partial charge on any atom is 0.305 e. The Kier molecular flexibility index (Phi) is 8.16. The van der Waals surface area contributed by atoms with Gasteiger partial charge in [0.2, 0.25) is 0 Å². The Balaban J connectivity index is 1.88. The van der Waals surface area contributed by atoms with E-state index in [-0.39, 0.29) is 23.2 Å². The first kappa shape index (κ1) is 25.6. The van der Waals surface area contributed by atoms with Crippen LogP contribution in [-0.2, 0) is 23.4 Å². The third-order valence-corrected chi connectivity index (χ3v) is 11.2. The average molecular weight is 471 g/mol. The normalized spacial score (nSPS) is 20.9. The van der Waals surface area contributed by atoms with Crippen LogP contribution in [0.4, 0.5) is 0 Å².